The van der Waals surface area contributed by atoms with Crippen molar-refractivity contribution in [3.63, 3.8) is 0 Å². The summed E-state index contributed by atoms with van der Waals surface area (Å²) in [5.74, 6) is 0. The van der Waals surface area contributed by atoms with Crippen molar-refractivity contribution >= 4 is 66.4 Å². The van der Waals surface area contributed by atoms with E-state index in [-0.39, 0.29) is 0 Å². The molecule has 0 unspecified atom stereocenters. The first-order valence-corrected chi connectivity index (χ1v) is 9.43. The lowest BCUT2D eigenvalue weighted by Crippen LogP contribution is -2.09. The maximum atomic E-state index is 4.65. The molecule has 0 atom stereocenters. The summed E-state index contributed by atoms with van der Waals surface area (Å²) in [4.78, 5) is 20.1. The van der Waals surface area contributed by atoms with Gasteiger partial charge < -0.3 is 0 Å². The van der Waals surface area contributed by atoms with E-state index in [2.05, 4.69) is 28.7 Å². The molecule has 0 spiro atoms. The first-order valence-electron chi connectivity index (χ1n) is 6.12. The molecule has 4 aromatic heterocycles. The van der Waals surface area contributed by atoms with Crippen molar-refractivity contribution < 1.29 is 0 Å². The van der Waals surface area contributed by atoms with Crippen LogP contribution in [0.2, 0.25) is 0 Å². The molecule has 0 aromatic carbocycles. The molecule has 22 heavy (non-hydrogen) atoms. The lowest BCUT2D eigenvalue weighted by Gasteiger charge is -2.02. The van der Waals surface area contributed by atoms with Crippen molar-refractivity contribution in [2.75, 3.05) is 0 Å². The Kier molecular flexibility index (Phi) is 2.77. The van der Waals surface area contributed by atoms with Crippen LogP contribution in [0.4, 0.5) is 0 Å². The van der Waals surface area contributed by atoms with Gasteiger partial charge in [0.05, 0.1) is 21.5 Å². The highest BCUT2D eigenvalue weighted by Crippen LogP contribution is 2.27. The van der Waals surface area contributed by atoms with Crippen LogP contribution in [-0.2, 0) is 0 Å². The molecule has 0 N–H and O–H groups in total. The third kappa shape index (κ3) is 1.81. The minimum absolute atomic E-state index is 0.582. The fourth-order valence-electron chi connectivity index (χ4n) is 2.11. The average molecular weight is 360 g/mol. The lowest BCUT2D eigenvalue weighted by molar-refractivity contribution is 1.21. The van der Waals surface area contributed by atoms with Crippen LogP contribution < -0.4 is 0 Å². The molecule has 106 valence electrons. The summed E-state index contributed by atoms with van der Waals surface area (Å²) in [7, 11) is 1.62. The minimum Gasteiger partial charge on any atom is -0.244 e. The van der Waals surface area contributed by atoms with Crippen molar-refractivity contribution in [3.8, 4) is 0 Å². The van der Waals surface area contributed by atoms with Crippen molar-refractivity contribution in [1.82, 2.24) is 28.7 Å². The van der Waals surface area contributed by atoms with Crippen molar-refractivity contribution in [2.45, 2.75) is 0 Å². The number of hydrogen-bond acceptors (Lipinski definition) is 9. The molecule has 6 nitrogen and oxygen atoms in total. The lowest BCUT2D eigenvalue weighted by atomic mass is 10.2. The van der Waals surface area contributed by atoms with Gasteiger partial charge in [0, 0.05) is 23.2 Å². The SMILES string of the molecule is c1csc(C2=S=C(c3nccs3)c3nc4nsnc4nc32)n1. The normalized spacial score (nSPS) is 13.6. The standard InChI is InChI=1S/C12H4N6S4/c1-3-19-11(13-1)7-5-6(8(21-7)12-14-2-4-20-12)16-10-9(15-5)17-22-18-10/h1-4H. The molecule has 0 amide bonds. The summed E-state index contributed by atoms with van der Waals surface area (Å²) in [5, 5.41) is 5.80. The Morgan fingerprint density at radius 3 is 1.73 bits per heavy atom. The van der Waals surface area contributed by atoms with Crippen LogP contribution in [0.25, 0.3) is 11.3 Å². The molecule has 4 aromatic rings. The maximum Gasteiger partial charge on any atom is 0.213 e. The molecule has 10 heteroatoms. The van der Waals surface area contributed by atoms with Crippen LogP contribution in [0.5, 0.6) is 0 Å². The van der Waals surface area contributed by atoms with Gasteiger partial charge in [0.15, 0.2) is 0 Å². The number of nitrogens with zero attached hydrogens (tertiary/aromatic N) is 6. The fourth-order valence-corrected chi connectivity index (χ4v) is 5.21. The second kappa shape index (κ2) is 4.81. The maximum absolute atomic E-state index is 4.65. The predicted octanol–water partition coefficient (Wildman–Crippen LogP) is 2.28. The predicted molar refractivity (Wildman–Crippen MR) is 91.2 cm³/mol. The third-order valence-electron chi connectivity index (χ3n) is 3.00. The van der Waals surface area contributed by atoms with E-state index in [1.165, 1.54) is 0 Å². The van der Waals surface area contributed by atoms with Crippen molar-refractivity contribution in [1.29, 1.82) is 0 Å². The van der Waals surface area contributed by atoms with Gasteiger partial charge in [0.2, 0.25) is 11.3 Å². The Hall–Kier alpha value is -1.88. The highest BCUT2D eigenvalue weighted by molar-refractivity contribution is 8.00. The van der Waals surface area contributed by atoms with Crippen LogP contribution in [-0.4, -0.2) is 38.4 Å². The van der Waals surface area contributed by atoms with Crippen LogP contribution >= 0.6 is 45.3 Å². The molecule has 0 saturated carbocycles. The molecule has 0 aliphatic carbocycles. The number of thiazole rings is 2. The molecule has 0 fully saturated rings. The molecule has 1 aliphatic rings. The van der Waals surface area contributed by atoms with Crippen molar-refractivity contribution in [2.24, 2.45) is 0 Å². The fraction of sp³-hybridized carbons (Fsp3) is 0. The third-order valence-corrected chi connectivity index (χ3v) is 6.53. The Labute approximate surface area is 139 Å². The largest absolute Gasteiger partial charge is 0.244 e. The zero-order chi connectivity index (χ0) is 14.5. The van der Waals surface area contributed by atoms with E-state index in [9.17, 15) is 0 Å². The summed E-state index contributed by atoms with van der Waals surface area (Å²) in [6.07, 6.45) is 3.59. The second-order valence-electron chi connectivity index (χ2n) is 4.27. The topological polar surface area (TPSA) is 77.3 Å². The molecule has 5 heterocycles. The van der Waals surface area contributed by atoms with Crippen molar-refractivity contribution in [3.05, 3.63) is 44.6 Å². The number of rotatable bonds is 2. The number of fused-ring (bicyclic) bond motifs is 2. The number of hydrogen-bond donors (Lipinski definition) is 0. The highest BCUT2D eigenvalue weighted by atomic mass is 32.1. The Balaban J connectivity index is 1.85. The first kappa shape index (κ1) is 12.6. The summed E-state index contributed by atoms with van der Waals surface area (Å²) in [5.41, 5.74) is 2.81. The van der Waals surface area contributed by atoms with E-state index < -0.39 is 0 Å². The summed E-state index contributed by atoms with van der Waals surface area (Å²) >= 11 is 4.31. The van der Waals surface area contributed by atoms with Crippen LogP contribution in [0.1, 0.15) is 21.4 Å². The van der Waals surface area contributed by atoms with Crippen LogP contribution in [0, 0.1) is 0 Å². The monoisotopic (exact) mass is 360 g/mol. The highest BCUT2D eigenvalue weighted by Gasteiger charge is 2.27. The van der Waals surface area contributed by atoms with E-state index >= 15 is 0 Å². The zero-order valence-corrected chi connectivity index (χ0v) is 13.9. The first-order chi connectivity index (χ1) is 10.9. The van der Waals surface area contributed by atoms with E-state index in [4.69, 9.17) is 0 Å². The average Bonchev–Trinajstić information content (AvgIpc) is 3.29. The van der Waals surface area contributed by atoms with Gasteiger partial charge in [0.25, 0.3) is 0 Å². The molecule has 1 aliphatic heterocycles. The van der Waals surface area contributed by atoms with Crippen LogP contribution in [0.15, 0.2) is 23.2 Å². The molecule has 5 rings (SSSR count). The summed E-state index contributed by atoms with van der Waals surface area (Å²) in [6.45, 7) is 0. The van der Waals surface area contributed by atoms with Gasteiger partial charge in [-0.1, -0.05) is 0 Å². The summed E-state index contributed by atoms with van der Waals surface area (Å²) in [6, 6.07) is 0. The quantitative estimate of drug-likeness (QED) is 0.450. The van der Waals surface area contributed by atoms with Crippen LogP contribution in [0.3, 0.4) is 0 Å². The second-order valence-corrected chi connectivity index (χ2v) is 7.61. The molecule has 0 radical (unpaired) electrons. The van der Waals surface area contributed by atoms with E-state index in [1.807, 2.05) is 10.8 Å². The van der Waals surface area contributed by atoms with Gasteiger partial charge in [-0.2, -0.15) is 8.75 Å². The Morgan fingerprint density at radius 2 is 1.27 bits per heavy atom. The van der Waals surface area contributed by atoms with Gasteiger partial charge >= 0.3 is 0 Å². The van der Waals surface area contributed by atoms with E-state index in [0.29, 0.717) is 11.3 Å². The van der Waals surface area contributed by atoms with Gasteiger partial charge in [-0.05, 0) is 0 Å². The molecule has 0 bridgehead atoms. The number of aromatic nitrogens is 6. The van der Waals surface area contributed by atoms with Gasteiger partial charge in [-0.25, -0.2) is 19.9 Å². The van der Waals surface area contributed by atoms with Gasteiger partial charge in [-0.3, -0.25) is 0 Å². The van der Waals surface area contributed by atoms with E-state index in [0.717, 1.165) is 42.9 Å². The Bertz CT molecular complexity index is 976. The summed E-state index contributed by atoms with van der Waals surface area (Å²) < 4.78 is 8.39. The van der Waals surface area contributed by atoms with Gasteiger partial charge in [0.1, 0.15) is 21.4 Å². The Morgan fingerprint density at radius 1 is 0.727 bits per heavy atom. The minimum atomic E-state index is 0.582. The molecule has 0 saturated heterocycles. The van der Waals surface area contributed by atoms with E-state index in [1.54, 1.807) is 46.0 Å². The smallest absolute Gasteiger partial charge is 0.213 e. The molecular weight excluding hydrogens is 356 g/mol. The zero-order valence-electron chi connectivity index (χ0n) is 10.6. The molecular formula is C12H4N6S4. The van der Waals surface area contributed by atoms with Gasteiger partial charge in [-0.15, -0.1) is 33.6 Å².